The molecule has 0 amide bonds. The Hall–Kier alpha value is -1.12. The van der Waals surface area contributed by atoms with Gasteiger partial charge < -0.3 is 5.73 Å². The van der Waals surface area contributed by atoms with Gasteiger partial charge in [0.1, 0.15) is 17.3 Å². The second-order valence-corrected chi connectivity index (χ2v) is 7.68. The summed E-state index contributed by atoms with van der Waals surface area (Å²) in [5, 5.41) is 6.72. The van der Waals surface area contributed by atoms with Gasteiger partial charge in [0, 0.05) is 23.6 Å². The zero-order valence-electron chi connectivity index (χ0n) is 10.9. The number of rotatable bonds is 2. The van der Waals surface area contributed by atoms with Crippen LogP contribution < -0.4 is 5.73 Å². The molecule has 0 fully saturated rings. The largest absolute Gasteiger partial charge is 0.383 e. The molecule has 3 aromatic rings. The molecular formula is C14H10ClFIN3S. The van der Waals surface area contributed by atoms with E-state index >= 15 is 0 Å². The van der Waals surface area contributed by atoms with Crippen molar-refractivity contribution in [3.05, 3.63) is 43.4 Å². The van der Waals surface area contributed by atoms with E-state index in [1.807, 2.05) is 11.4 Å². The summed E-state index contributed by atoms with van der Waals surface area (Å²) in [6, 6.07) is 6.58. The summed E-state index contributed by atoms with van der Waals surface area (Å²) in [6.45, 7) is 0. The highest BCUT2D eigenvalue weighted by atomic mass is 127. The Balaban J connectivity index is 2.32. The number of hydrogen-bond acceptors (Lipinski definition) is 3. The van der Waals surface area contributed by atoms with E-state index in [4.69, 9.17) is 17.3 Å². The van der Waals surface area contributed by atoms with Crippen molar-refractivity contribution in [2.24, 2.45) is 7.05 Å². The van der Waals surface area contributed by atoms with Crippen molar-refractivity contribution < 1.29 is 4.39 Å². The quantitative estimate of drug-likeness (QED) is 0.590. The van der Waals surface area contributed by atoms with Crippen molar-refractivity contribution >= 4 is 51.3 Å². The number of nitrogens with two attached hydrogens (primary N) is 1. The topological polar surface area (TPSA) is 43.8 Å². The average Bonchev–Trinajstić information content (AvgIpc) is 2.97. The van der Waals surface area contributed by atoms with E-state index in [9.17, 15) is 4.39 Å². The fourth-order valence-electron chi connectivity index (χ4n) is 2.16. The fourth-order valence-corrected chi connectivity index (χ4v) is 3.75. The highest BCUT2D eigenvalue weighted by molar-refractivity contribution is 14.1. The zero-order valence-corrected chi connectivity index (χ0v) is 14.6. The van der Waals surface area contributed by atoms with Gasteiger partial charge in [-0.05, 0) is 40.8 Å². The van der Waals surface area contributed by atoms with Gasteiger partial charge in [0.2, 0.25) is 0 Å². The van der Waals surface area contributed by atoms with Crippen molar-refractivity contribution in [3.8, 4) is 22.4 Å². The van der Waals surface area contributed by atoms with Crippen molar-refractivity contribution in [2.45, 2.75) is 0 Å². The molecule has 0 saturated carbocycles. The lowest BCUT2D eigenvalue weighted by Gasteiger charge is -2.07. The molecule has 0 atom stereocenters. The number of hydrogen-bond donors (Lipinski definition) is 1. The first-order chi connectivity index (χ1) is 9.99. The number of aryl methyl sites for hydroxylation is 1. The normalized spacial score (nSPS) is 11.0. The Kier molecular flexibility index (Phi) is 3.94. The van der Waals surface area contributed by atoms with E-state index in [0.29, 0.717) is 27.7 Å². The zero-order chi connectivity index (χ0) is 15.1. The minimum atomic E-state index is -0.409. The van der Waals surface area contributed by atoms with E-state index in [-0.39, 0.29) is 0 Å². The van der Waals surface area contributed by atoms with Crippen LogP contribution in [0.5, 0.6) is 0 Å². The smallest absolute Gasteiger partial charge is 0.132 e. The summed E-state index contributed by atoms with van der Waals surface area (Å²) in [5.74, 6) is -0.0217. The Labute approximate surface area is 143 Å². The predicted molar refractivity (Wildman–Crippen MR) is 94.1 cm³/mol. The lowest BCUT2D eigenvalue weighted by molar-refractivity contribution is 0.631. The third kappa shape index (κ3) is 2.56. The van der Waals surface area contributed by atoms with Gasteiger partial charge in [-0.2, -0.15) is 5.10 Å². The first-order valence-corrected chi connectivity index (χ1v) is 8.34. The number of halogens is 3. The second kappa shape index (κ2) is 5.58. The second-order valence-electron chi connectivity index (χ2n) is 4.47. The van der Waals surface area contributed by atoms with E-state index in [0.717, 1.165) is 8.45 Å². The molecule has 0 spiro atoms. The molecule has 0 radical (unpaired) electrons. The van der Waals surface area contributed by atoms with Crippen molar-refractivity contribution in [1.29, 1.82) is 0 Å². The maximum atomic E-state index is 14.3. The first-order valence-electron chi connectivity index (χ1n) is 6.00. The van der Waals surface area contributed by atoms with Gasteiger partial charge in [-0.25, -0.2) is 4.39 Å². The summed E-state index contributed by atoms with van der Waals surface area (Å²) < 4.78 is 16.9. The van der Waals surface area contributed by atoms with Crippen LogP contribution in [-0.4, -0.2) is 9.78 Å². The van der Waals surface area contributed by atoms with Crippen LogP contribution >= 0.6 is 45.5 Å². The van der Waals surface area contributed by atoms with Crippen LogP contribution in [0.1, 0.15) is 0 Å². The van der Waals surface area contributed by atoms with Gasteiger partial charge >= 0.3 is 0 Å². The van der Waals surface area contributed by atoms with Gasteiger partial charge in [-0.15, -0.1) is 11.3 Å². The van der Waals surface area contributed by atoms with Crippen LogP contribution in [0.2, 0.25) is 5.02 Å². The van der Waals surface area contributed by atoms with Crippen LogP contribution in [0.15, 0.2) is 29.6 Å². The summed E-state index contributed by atoms with van der Waals surface area (Å²) >= 11 is 10.0. The summed E-state index contributed by atoms with van der Waals surface area (Å²) in [4.78, 5) is 0. The van der Waals surface area contributed by atoms with Crippen LogP contribution in [0.25, 0.3) is 22.4 Å². The van der Waals surface area contributed by atoms with E-state index in [2.05, 4.69) is 27.7 Å². The SMILES string of the molecule is Cn1nc(-c2csc(I)c2)c(-c2c(F)cccc2Cl)c1N. The number of nitrogens with zero attached hydrogens (tertiary/aromatic N) is 2. The maximum absolute atomic E-state index is 14.3. The molecule has 2 heterocycles. The van der Waals surface area contributed by atoms with E-state index in [1.54, 1.807) is 30.5 Å². The molecule has 0 unspecified atom stereocenters. The highest BCUT2D eigenvalue weighted by Crippen LogP contribution is 2.41. The molecule has 0 aliphatic heterocycles. The Bertz CT molecular complexity index is 807. The summed E-state index contributed by atoms with van der Waals surface area (Å²) in [6.07, 6.45) is 0. The average molecular weight is 434 g/mol. The van der Waals surface area contributed by atoms with Crippen LogP contribution in [-0.2, 0) is 7.05 Å². The molecule has 0 saturated heterocycles. The number of thiophene rings is 1. The van der Waals surface area contributed by atoms with Gasteiger partial charge in [0.15, 0.2) is 0 Å². The molecule has 108 valence electrons. The van der Waals surface area contributed by atoms with Crippen molar-refractivity contribution in [1.82, 2.24) is 9.78 Å². The molecule has 0 aliphatic carbocycles. The summed E-state index contributed by atoms with van der Waals surface area (Å²) in [7, 11) is 1.73. The van der Waals surface area contributed by atoms with E-state index < -0.39 is 5.82 Å². The summed E-state index contributed by atoms with van der Waals surface area (Å²) in [5.41, 5.74) is 8.47. The first kappa shape index (κ1) is 14.8. The molecule has 21 heavy (non-hydrogen) atoms. The molecule has 0 aliphatic rings. The third-order valence-electron chi connectivity index (χ3n) is 3.15. The van der Waals surface area contributed by atoms with Gasteiger partial charge in [0.05, 0.1) is 13.5 Å². The molecule has 3 rings (SSSR count). The minimum absolute atomic E-state index is 0.293. The van der Waals surface area contributed by atoms with Crippen molar-refractivity contribution in [2.75, 3.05) is 5.73 Å². The Morgan fingerprint density at radius 1 is 1.38 bits per heavy atom. The molecule has 0 bridgehead atoms. The minimum Gasteiger partial charge on any atom is -0.383 e. The molecule has 2 aromatic heterocycles. The lowest BCUT2D eigenvalue weighted by Crippen LogP contribution is -1.98. The van der Waals surface area contributed by atoms with Crippen LogP contribution in [0.4, 0.5) is 10.2 Å². The Morgan fingerprint density at radius 2 is 2.14 bits per heavy atom. The highest BCUT2D eigenvalue weighted by Gasteiger charge is 2.22. The number of nitrogen functional groups attached to an aromatic ring is 1. The molecule has 3 nitrogen and oxygen atoms in total. The maximum Gasteiger partial charge on any atom is 0.132 e. The molecule has 1 aromatic carbocycles. The molecule has 7 heteroatoms. The monoisotopic (exact) mass is 433 g/mol. The van der Waals surface area contributed by atoms with Crippen LogP contribution in [0.3, 0.4) is 0 Å². The van der Waals surface area contributed by atoms with E-state index in [1.165, 1.54) is 10.7 Å². The molecule has 2 N–H and O–H groups in total. The van der Waals surface area contributed by atoms with Gasteiger partial charge in [-0.3, -0.25) is 4.68 Å². The fraction of sp³-hybridized carbons (Fsp3) is 0.0714. The lowest BCUT2D eigenvalue weighted by atomic mass is 10.0. The Morgan fingerprint density at radius 3 is 2.76 bits per heavy atom. The number of anilines is 1. The predicted octanol–water partition coefficient (Wildman–Crippen LogP) is 4.79. The number of benzene rings is 1. The number of aromatic nitrogens is 2. The standard InChI is InChI=1S/C14H10ClFIN3S/c1-20-14(18)12(11-8(15)3-2-4-9(11)16)13(19-20)7-5-10(17)21-6-7/h2-6H,18H2,1H3. The van der Waals surface area contributed by atoms with Crippen LogP contribution in [0, 0.1) is 8.70 Å². The van der Waals surface area contributed by atoms with Gasteiger partial charge in [-0.1, -0.05) is 17.7 Å². The van der Waals surface area contributed by atoms with Gasteiger partial charge in [0.25, 0.3) is 0 Å². The van der Waals surface area contributed by atoms with Crippen molar-refractivity contribution in [3.63, 3.8) is 0 Å². The third-order valence-corrected chi connectivity index (χ3v) is 5.25. The molecular weight excluding hydrogens is 424 g/mol.